The Morgan fingerprint density at radius 2 is 1.68 bits per heavy atom. The van der Waals surface area contributed by atoms with Crippen molar-refractivity contribution in [3.05, 3.63) is 0 Å². The monoisotopic (exact) mass is 315 g/mol. The van der Waals surface area contributed by atoms with E-state index in [1.165, 1.54) is 0 Å². The molecule has 19 heavy (non-hydrogen) atoms. The van der Waals surface area contributed by atoms with Crippen molar-refractivity contribution in [3.8, 4) is 0 Å². The fourth-order valence-corrected chi connectivity index (χ4v) is 4.29. The van der Waals surface area contributed by atoms with E-state index in [2.05, 4.69) is 10.1 Å². The number of esters is 1. The number of rotatable bonds is 7. The first kappa shape index (κ1) is 17.8. The van der Waals surface area contributed by atoms with Gasteiger partial charge in [0, 0.05) is 13.2 Å². The summed E-state index contributed by atoms with van der Waals surface area (Å²) in [5, 5.41) is 2.14. The Bertz CT molecular complexity index is 535. The highest BCUT2D eigenvalue weighted by atomic mass is 32.2. The van der Waals surface area contributed by atoms with E-state index in [1.54, 1.807) is 0 Å². The van der Waals surface area contributed by atoms with Gasteiger partial charge in [-0.25, -0.2) is 21.6 Å². The molecule has 1 atom stereocenters. The van der Waals surface area contributed by atoms with Gasteiger partial charge in [-0.3, -0.25) is 4.79 Å². The Kier molecular flexibility index (Phi) is 6.43. The Morgan fingerprint density at radius 3 is 2.05 bits per heavy atom. The highest BCUT2D eigenvalue weighted by Gasteiger charge is 2.27. The Balaban J connectivity index is 4.82. The maximum absolute atomic E-state index is 11.7. The largest absolute Gasteiger partial charge is 0.467 e. The summed E-state index contributed by atoms with van der Waals surface area (Å²) < 4.78 is 49.5. The molecule has 0 aliphatic heterocycles. The molecule has 0 saturated carbocycles. The summed E-state index contributed by atoms with van der Waals surface area (Å²) in [6.07, 6.45) is 0.911. The highest BCUT2D eigenvalue weighted by Crippen LogP contribution is 2.00. The zero-order valence-electron chi connectivity index (χ0n) is 10.9. The average Bonchev–Trinajstić information content (AvgIpc) is 2.23. The van der Waals surface area contributed by atoms with Gasteiger partial charge >= 0.3 is 5.97 Å². The zero-order chi connectivity index (χ0) is 15.3. The lowest BCUT2D eigenvalue weighted by Crippen LogP contribution is -2.45. The summed E-state index contributed by atoms with van der Waals surface area (Å²) >= 11 is 0. The van der Waals surface area contributed by atoms with Gasteiger partial charge < -0.3 is 10.1 Å². The van der Waals surface area contributed by atoms with Crippen molar-refractivity contribution < 1.29 is 31.2 Å². The summed E-state index contributed by atoms with van der Waals surface area (Å²) in [6, 6.07) is -1.34. The van der Waals surface area contributed by atoms with Gasteiger partial charge in [0.25, 0.3) is 0 Å². The van der Waals surface area contributed by atoms with E-state index in [-0.39, 0.29) is 0 Å². The predicted octanol–water partition coefficient (Wildman–Crippen LogP) is -1.88. The van der Waals surface area contributed by atoms with E-state index in [4.69, 9.17) is 0 Å². The third-order valence-electron chi connectivity index (χ3n) is 2.05. The van der Waals surface area contributed by atoms with Crippen LogP contribution in [0.4, 0.5) is 0 Å². The van der Waals surface area contributed by atoms with Crippen LogP contribution in [0.3, 0.4) is 0 Å². The van der Waals surface area contributed by atoms with Gasteiger partial charge in [-0.2, -0.15) is 0 Å². The summed E-state index contributed by atoms with van der Waals surface area (Å²) in [5.74, 6) is -3.34. The van der Waals surface area contributed by atoms with Crippen LogP contribution in [0.15, 0.2) is 0 Å². The smallest absolute Gasteiger partial charge is 0.329 e. The van der Waals surface area contributed by atoms with E-state index >= 15 is 0 Å². The van der Waals surface area contributed by atoms with Gasteiger partial charge in [0.15, 0.2) is 9.84 Å². The average molecular weight is 315 g/mol. The predicted molar refractivity (Wildman–Crippen MR) is 68.0 cm³/mol. The fraction of sp³-hybridized carbons (Fsp3) is 0.778. The Morgan fingerprint density at radius 1 is 1.16 bits per heavy atom. The number of sulfone groups is 2. The van der Waals surface area contributed by atoms with Crippen LogP contribution in [-0.2, 0) is 34.0 Å². The minimum absolute atomic E-state index is 0.538. The normalized spacial score (nSPS) is 13.6. The van der Waals surface area contributed by atoms with Crippen molar-refractivity contribution >= 4 is 31.6 Å². The molecule has 0 aromatic carbocycles. The lowest BCUT2D eigenvalue weighted by Gasteiger charge is -2.15. The van der Waals surface area contributed by atoms with Gasteiger partial charge in [0.2, 0.25) is 5.91 Å². The van der Waals surface area contributed by atoms with Crippen molar-refractivity contribution in [2.45, 2.75) is 13.0 Å². The number of nitrogens with one attached hydrogen (secondary N) is 1. The molecular weight excluding hydrogens is 298 g/mol. The number of ether oxygens (including phenoxy) is 1. The molecule has 1 N–H and O–H groups in total. The molecule has 10 heteroatoms. The Hall–Kier alpha value is -1.16. The van der Waals surface area contributed by atoms with Gasteiger partial charge in [-0.1, -0.05) is 0 Å². The van der Waals surface area contributed by atoms with Crippen molar-refractivity contribution in [3.63, 3.8) is 0 Å². The van der Waals surface area contributed by atoms with Crippen molar-refractivity contribution in [2.75, 3.05) is 30.6 Å². The fourth-order valence-electron chi connectivity index (χ4n) is 1.17. The van der Waals surface area contributed by atoms with Gasteiger partial charge in [0.1, 0.15) is 15.9 Å². The van der Waals surface area contributed by atoms with Gasteiger partial charge in [0.05, 0.1) is 24.4 Å². The Labute approximate surface area is 112 Å². The highest BCUT2D eigenvalue weighted by molar-refractivity contribution is 7.94. The van der Waals surface area contributed by atoms with Crippen LogP contribution >= 0.6 is 0 Å². The molecule has 0 rings (SSSR count). The number of carbonyl (C=O) groups is 2. The van der Waals surface area contributed by atoms with Crippen molar-refractivity contribution in [1.82, 2.24) is 5.32 Å². The minimum atomic E-state index is -3.81. The zero-order valence-corrected chi connectivity index (χ0v) is 12.5. The molecule has 112 valence electrons. The molecule has 0 aromatic heterocycles. The number of hydrogen-bond acceptors (Lipinski definition) is 7. The summed E-state index contributed by atoms with van der Waals surface area (Å²) in [7, 11) is -6.18. The van der Waals surface area contributed by atoms with Gasteiger partial charge in [-0.15, -0.1) is 0 Å². The quantitative estimate of drug-likeness (QED) is 0.545. The number of carbonyl (C=O) groups excluding carboxylic acids is 2. The molecule has 0 heterocycles. The van der Waals surface area contributed by atoms with E-state index in [0.717, 1.165) is 20.3 Å². The van der Waals surface area contributed by atoms with Crippen LogP contribution in [0.2, 0.25) is 0 Å². The molecule has 0 saturated heterocycles. The van der Waals surface area contributed by atoms with Crippen LogP contribution < -0.4 is 5.32 Å². The minimum Gasteiger partial charge on any atom is -0.467 e. The maximum Gasteiger partial charge on any atom is 0.329 e. The molecule has 1 unspecified atom stereocenters. The number of amides is 1. The molecule has 0 aliphatic carbocycles. The molecule has 0 fully saturated rings. The maximum atomic E-state index is 11.7. The third-order valence-corrected chi connectivity index (χ3v) is 4.92. The molecule has 0 bridgehead atoms. The summed E-state index contributed by atoms with van der Waals surface area (Å²) in [4.78, 5) is 22.2. The lowest BCUT2D eigenvalue weighted by molar-refractivity contribution is -0.144. The molecule has 0 aliphatic rings. The second kappa shape index (κ2) is 6.85. The van der Waals surface area contributed by atoms with E-state index in [9.17, 15) is 26.4 Å². The summed E-state index contributed by atoms with van der Waals surface area (Å²) in [6.45, 7) is 1.12. The topological polar surface area (TPSA) is 124 Å². The number of methoxy groups -OCH3 is 1. The van der Waals surface area contributed by atoms with Crippen LogP contribution in [-0.4, -0.2) is 65.4 Å². The first-order chi connectivity index (χ1) is 8.47. The van der Waals surface area contributed by atoms with Gasteiger partial charge in [-0.05, 0) is 0 Å². The second-order valence-electron chi connectivity index (χ2n) is 4.02. The van der Waals surface area contributed by atoms with Crippen molar-refractivity contribution in [1.29, 1.82) is 0 Å². The van der Waals surface area contributed by atoms with E-state index in [0.29, 0.717) is 0 Å². The SMILES string of the molecule is COC(=O)C(CS(=O)(=O)CCS(C)(=O)=O)NC(C)=O. The van der Waals surface area contributed by atoms with Crippen LogP contribution in [0.1, 0.15) is 6.92 Å². The third kappa shape index (κ3) is 8.54. The van der Waals surface area contributed by atoms with Crippen LogP contribution in [0.5, 0.6) is 0 Å². The molecule has 1 amide bonds. The lowest BCUT2D eigenvalue weighted by atomic mass is 10.3. The van der Waals surface area contributed by atoms with Crippen LogP contribution in [0.25, 0.3) is 0 Å². The van der Waals surface area contributed by atoms with Crippen molar-refractivity contribution in [2.24, 2.45) is 0 Å². The first-order valence-electron chi connectivity index (χ1n) is 5.20. The van der Waals surface area contributed by atoms with E-state index < -0.39 is 54.9 Å². The molecule has 0 aromatic rings. The second-order valence-corrected chi connectivity index (χ2v) is 8.51. The molecule has 8 nitrogen and oxygen atoms in total. The standard InChI is InChI=1S/C9H17NO7S2/c1-7(11)10-8(9(12)17-2)6-19(15,16)5-4-18(3,13)14/h8H,4-6H2,1-3H3,(H,10,11). The first-order valence-corrected chi connectivity index (χ1v) is 9.08. The molecule has 0 spiro atoms. The molecular formula is C9H17NO7S2. The number of hydrogen-bond donors (Lipinski definition) is 1. The van der Waals surface area contributed by atoms with Crippen LogP contribution in [0, 0.1) is 0 Å². The molecule has 0 radical (unpaired) electrons. The summed E-state index contributed by atoms with van der Waals surface area (Å²) in [5.41, 5.74) is 0. The van der Waals surface area contributed by atoms with E-state index in [1.807, 2.05) is 0 Å².